The summed E-state index contributed by atoms with van der Waals surface area (Å²) in [6.07, 6.45) is 0. The maximum Gasteiger partial charge on any atom is 0.191 e. The number of hydrogen-bond acceptors (Lipinski definition) is 4. The van der Waals surface area contributed by atoms with Crippen LogP contribution in [0.5, 0.6) is 0 Å². The van der Waals surface area contributed by atoms with E-state index >= 15 is 0 Å². The third-order valence-corrected chi connectivity index (χ3v) is 4.26. The quantitative estimate of drug-likeness (QED) is 0.880. The first-order valence-electron chi connectivity index (χ1n) is 5.17. The van der Waals surface area contributed by atoms with Gasteiger partial charge < -0.3 is 10.3 Å². The zero-order valence-electron chi connectivity index (χ0n) is 9.43. The molecule has 0 saturated carbocycles. The van der Waals surface area contributed by atoms with Crippen LogP contribution in [-0.4, -0.2) is 14.8 Å². The minimum atomic E-state index is 0.416. The van der Waals surface area contributed by atoms with Gasteiger partial charge in [-0.1, -0.05) is 45.9 Å². The van der Waals surface area contributed by atoms with E-state index in [1.54, 1.807) is 11.8 Å². The van der Waals surface area contributed by atoms with Gasteiger partial charge in [0.15, 0.2) is 5.16 Å². The van der Waals surface area contributed by atoms with Gasteiger partial charge in [-0.15, -0.1) is 10.2 Å². The topological polar surface area (TPSA) is 56.7 Å². The van der Waals surface area contributed by atoms with E-state index in [0.29, 0.717) is 6.54 Å². The van der Waals surface area contributed by atoms with Gasteiger partial charge in [-0.3, -0.25) is 0 Å². The molecule has 4 nitrogen and oxygen atoms in total. The lowest BCUT2D eigenvalue weighted by molar-refractivity contribution is 0.734. The van der Waals surface area contributed by atoms with Crippen LogP contribution in [0.25, 0.3) is 0 Å². The summed E-state index contributed by atoms with van der Waals surface area (Å²) in [7, 11) is 1.94. The van der Waals surface area contributed by atoms with Gasteiger partial charge in [0.25, 0.3) is 0 Å². The number of hydrogen-bond donors (Lipinski definition) is 1. The van der Waals surface area contributed by atoms with E-state index in [1.807, 2.05) is 29.8 Å². The van der Waals surface area contributed by atoms with E-state index < -0.39 is 0 Å². The second kappa shape index (κ2) is 5.66. The molecule has 6 heteroatoms. The predicted octanol–water partition coefficient (Wildman–Crippen LogP) is 2.33. The molecule has 1 aromatic heterocycles. The summed E-state index contributed by atoms with van der Waals surface area (Å²) in [6, 6.07) is 8.17. The third-order valence-electron chi connectivity index (χ3n) is 2.42. The average Bonchev–Trinajstić information content (AvgIpc) is 2.69. The van der Waals surface area contributed by atoms with Gasteiger partial charge in [0.1, 0.15) is 5.82 Å². The zero-order chi connectivity index (χ0) is 12.3. The van der Waals surface area contributed by atoms with E-state index in [1.165, 1.54) is 5.56 Å². The smallest absolute Gasteiger partial charge is 0.191 e. The van der Waals surface area contributed by atoms with Crippen molar-refractivity contribution in [2.45, 2.75) is 17.5 Å². The largest absolute Gasteiger partial charge is 0.324 e. The summed E-state index contributed by atoms with van der Waals surface area (Å²) in [5.74, 6) is 1.66. The van der Waals surface area contributed by atoms with Crippen molar-refractivity contribution in [1.29, 1.82) is 0 Å². The first-order chi connectivity index (χ1) is 8.22. The van der Waals surface area contributed by atoms with Crippen LogP contribution < -0.4 is 5.73 Å². The molecule has 0 aliphatic carbocycles. The Morgan fingerprint density at radius 3 is 2.76 bits per heavy atom. The fourth-order valence-electron chi connectivity index (χ4n) is 1.41. The Morgan fingerprint density at radius 1 is 1.35 bits per heavy atom. The number of nitrogens with zero attached hydrogens (tertiary/aromatic N) is 3. The maximum atomic E-state index is 5.56. The van der Waals surface area contributed by atoms with Crippen LogP contribution in [0.15, 0.2) is 33.9 Å². The fourth-order valence-corrected chi connectivity index (χ4v) is 2.95. The Hall–Kier alpha value is -0.850. The van der Waals surface area contributed by atoms with Crippen LogP contribution in [0.2, 0.25) is 0 Å². The standard InChI is InChI=1S/C11H13BrN4S/c1-16-10(6-13)14-15-11(16)17-7-8-4-2-3-5-9(8)12/h2-5H,6-7,13H2,1H3. The molecule has 0 amide bonds. The zero-order valence-corrected chi connectivity index (χ0v) is 11.8. The number of nitrogens with two attached hydrogens (primary N) is 1. The van der Waals surface area contributed by atoms with E-state index in [0.717, 1.165) is 21.2 Å². The van der Waals surface area contributed by atoms with Crippen LogP contribution in [0.4, 0.5) is 0 Å². The molecule has 0 bridgehead atoms. The maximum absolute atomic E-state index is 5.56. The van der Waals surface area contributed by atoms with Crippen molar-refractivity contribution in [3.05, 3.63) is 40.1 Å². The van der Waals surface area contributed by atoms with E-state index in [9.17, 15) is 0 Å². The van der Waals surface area contributed by atoms with Gasteiger partial charge in [0.05, 0.1) is 6.54 Å². The molecule has 0 spiro atoms. The Labute approximate surface area is 113 Å². The first kappa shape index (κ1) is 12.6. The SMILES string of the molecule is Cn1c(CN)nnc1SCc1ccccc1Br. The monoisotopic (exact) mass is 312 g/mol. The van der Waals surface area contributed by atoms with Crippen molar-refractivity contribution >= 4 is 27.7 Å². The molecule has 2 N–H and O–H groups in total. The minimum absolute atomic E-state index is 0.416. The Kier molecular flexibility index (Phi) is 4.20. The van der Waals surface area contributed by atoms with E-state index in [-0.39, 0.29) is 0 Å². The predicted molar refractivity (Wildman–Crippen MR) is 72.6 cm³/mol. The summed E-state index contributed by atoms with van der Waals surface area (Å²) in [5.41, 5.74) is 6.80. The van der Waals surface area contributed by atoms with Gasteiger partial charge in [-0.05, 0) is 11.6 Å². The van der Waals surface area contributed by atoms with Crippen LogP contribution in [0, 0.1) is 0 Å². The molecule has 0 aliphatic heterocycles. The molecule has 0 atom stereocenters. The number of halogens is 1. The number of benzene rings is 1. The molecule has 0 unspecified atom stereocenters. The molecule has 0 saturated heterocycles. The van der Waals surface area contributed by atoms with Crippen molar-refractivity contribution in [3.8, 4) is 0 Å². The molecule has 0 fully saturated rings. The average molecular weight is 313 g/mol. The number of aromatic nitrogens is 3. The second-order valence-electron chi connectivity index (χ2n) is 3.54. The lowest BCUT2D eigenvalue weighted by Gasteiger charge is -2.04. The highest BCUT2D eigenvalue weighted by Crippen LogP contribution is 2.25. The highest BCUT2D eigenvalue weighted by molar-refractivity contribution is 9.10. The van der Waals surface area contributed by atoms with Gasteiger partial charge in [-0.25, -0.2) is 0 Å². The van der Waals surface area contributed by atoms with Crippen LogP contribution >= 0.6 is 27.7 Å². The Bertz CT molecular complexity index is 512. The van der Waals surface area contributed by atoms with Gasteiger partial charge >= 0.3 is 0 Å². The van der Waals surface area contributed by atoms with Crippen molar-refractivity contribution < 1.29 is 0 Å². The molecular formula is C11H13BrN4S. The molecule has 1 heterocycles. The lowest BCUT2D eigenvalue weighted by atomic mass is 10.2. The van der Waals surface area contributed by atoms with Gasteiger partial charge in [0.2, 0.25) is 0 Å². The molecule has 0 aliphatic rings. The van der Waals surface area contributed by atoms with Crippen LogP contribution in [0.3, 0.4) is 0 Å². The van der Waals surface area contributed by atoms with Crippen molar-refractivity contribution in [3.63, 3.8) is 0 Å². The molecule has 2 aromatic rings. The van der Waals surface area contributed by atoms with Gasteiger partial charge in [0, 0.05) is 17.3 Å². The summed E-state index contributed by atoms with van der Waals surface area (Å²) in [5, 5.41) is 9.03. The fraction of sp³-hybridized carbons (Fsp3) is 0.273. The Morgan fingerprint density at radius 2 is 2.12 bits per heavy atom. The molecular weight excluding hydrogens is 300 g/mol. The summed E-state index contributed by atoms with van der Waals surface area (Å²) in [4.78, 5) is 0. The van der Waals surface area contributed by atoms with E-state index in [4.69, 9.17) is 5.73 Å². The van der Waals surface area contributed by atoms with E-state index in [2.05, 4.69) is 32.2 Å². The highest BCUT2D eigenvalue weighted by Gasteiger charge is 2.08. The minimum Gasteiger partial charge on any atom is -0.324 e. The van der Waals surface area contributed by atoms with Crippen LogP contribution in [-0.2, 0) is 19.3 Å². The lowest BCUT2D eigenvalue weighted by Crippen LogP contribution is -2.05. The molecule has 0 radical (unpaired) electrons. The highest BCUT2D eigenvalue weighted by atomic mass is 79.9. The number of rotatable bonds is 4. The second-order valence-corrected chi connectivity index (χ2v) is 5.34. The summed E-state index contributed by atoms with van der Waals surface area (Å²) in [6.45, 7) is 0.416. The molecule has 17 heavy (non-hydrogen) atoms. The third kappa shape index (κ3) is 2.88. The normalized spacial score (nSPS) is 10.8. The van der Waals surface area contributed by atoms with Crippen molar-refractivity contribution in [2.24, 2.45) is 12.8 Å². The Balaban J connectivity index is 2.07. The van der Waals surface area contributed by atoms with Crippen LogP contribution in [0.1, 0.15) is 11.4 Å². The molecule has 2 rings (SSSR count). The first-order valence-corrected chi connectivity index (χ1v) is 6.94. The van der Waals surface area contributed by atoms with Crippen molar-refractivity contribution in [2.75, 3.05) is 0 Å². The molecule has 90 valence electrons. The number of thioether (sulfide) groups is 1. The molecule has 1 aromatic carbocycles. The summed E-state index contributed by atoms with van der Waals surface area (Å²) >= 11 is 5.19. The van der Waals surface area contributed by atoms with Crippen molar-refractivity contribution in [1.82, 2.24) is 14.8 Å². The summed E-state index contributed by atoms with van der Waals surface area (Å²) < 4.78 is 3.05. The van der Waals surface area contributed by atoms with Gasteiger partial charge in [-0.2, -0.15) is 0 Å².